The van der Waals surface area contributed by atoms with Crippen LogP contribution in [0.15, 0.2) is 21.5 Å². The van der Waals surface area contributed by atoms with E-state index in [0.29, 0.717) is 21.4 Å². The molecule has 1 atom stereocenters. The minimum atomic E-state index is -0.902. The predicted octanol–water partition coefficient (Wildman–Crippen LogP) is 3.17. The van der Waals surface area contributed by atoms with Crippen LogP contribution in [-0.4, -0.2) is 17.3 Å². The lowest BCUT2D eigenvalue weighted by Crippen LogP contribution is -2.12. The van der Waals surface area contributed by atoms with Gasteiger partial charge in [-0.15, -0.1) is 11.8 Å². The lowest BCUT2D eigenvalue weighted by Gasteiger charge is -2.13. The van der Waals surface area contributed by atoms with Crippen LogP contribution in [-0.2, 0) is 4.79 Å². The molecule has 0 saturated heterocycles. The predicted molar refractivity (Wildman–Crippen MR) is 69.7 cm³/mol. The minimum Gasteiger partial charge on any atom is -0.481 e. The van der Waals surface area contributed by atoms with E-state index in [1.165, 1.54) is 17.8 Å². The first-order valence-corrected chi connectivity index (χ1v) is 6.97. The first kappa shape index (κ1) is 14.5. The van der Waals surface area contributed by atoms with Crippen molar-refractivity contribution in [3.05, 3.63) is 28.0 Å². The zero-order chi connectivity index (χ0) is 13.0. The number of benzene rings is 1. The SMILES string of the molecule is CSc1c(F)cc(C(N)CCC(=O)O)cc1Br. The molecule has 0 amide bonds. The summed E-state index contributed by atoms with van der Waals surface area (Å²) in [6.45, 7) is 0. The highest BCUT2D eigenvalue weighted by Gasteiger charge is 2.14. The molecule has 3 nitrogen and oxygen atoms in total. The second-order valence-electron chi connectivity index (χ2n) is 3.56. The van der Waals surface area contributed by atoms with Crippen LogP contribution < -0.4 is 5.73 Å². The summed E-state index contributed by atoms with van der Waals surface area (Å²) in [6.07, 6.45) is 2.05. The molecule has 3 N–H and O–H groups in total. The lowest BCUT2D eigenvalue weighted by molar-refractivity contribution is -0.137. The molecular formula is C11H13BrFNO2S. The maximum atomic E-state index is 13.6. The Morgan fingerprint density at radius 3 is 2.76 bits per heavy atom. The van der Waals surface area contributed by atoms with Crippen LogP contribution >= 0.6 is 27.7 Å². The van der Waals surface area contributed by atoms with Gasteiger partial charge in [0, 0.05) is 16.9 Å². The number of carbonyl (C=O) groups is 1. The monoisotopic (exact) mass is 321 g/mol. The largest absolute Gasteiger partial charge is 0.481 e. The zero-order valence-electron chi connectivity index (χ0n) is 9.24. The summed E-state index contributed by atoms with van der Waals surface area (Å²) < 4.78 is 14.3. The van der Waals surface area contributed by atoms with E-state index in [0.717, 1.165) is 0 Å². The van der Waals surface area contributed by atoms with Gasteiger partial charge < -0.3 is 10.8 Å². The summed E-state index contributed by atoms with van der Waals surface area (Å²) in [5, 5.41) is 8.56. The van der Waals surface area contributed by atoms with Gasteiger partial charge in [-0.3, -0.25) is 4.79 Å². The molecule has 1 rings (SSSR count). The van der Waals surface area contributed by atoms with Crippen molar-refractivity contribution in [1.29, 1.82) is 0 Å². The number of nitrogens with two attached hydrogens (primary N) is 1. The van der Waals surface area contributed by atoms with E-state index in [9.17, 15) is 9.18 Å². The van der Waals surface area contributed by atoms with Crippen molar-refractivity contribution in [3.63, 3.8) is 0 Å². The Hall–Kier alpha value is -0.590. The summed E-state index contributed by atoms with van der Waals surface area (Å²) in [5.74, 6) is -1.24. The average molecular weight is 322 g/mol. The van der Waals surface area contributed by atoms with Gasteiger partial charge in [0.15, 0.2) is 0 Å². The van der Waals surface area contributed by atoms with Gasteiger partial charge >= 0.3 is 5.97 Å². The van der Waals surface area contributed by atoms with Crippen molar-refractivity contribution in [2.24, 2.45) is 5.73 Å². The molecule has 0 aliphatic carbocycles. The van der Waals surface area contributed by atoms with Crippen molar-refractivity contribution in [3.8, 4) is 0 Å². The first-order valence-electron chi connectivity index (χ1n) is 4.96. The molecule has 0 radical (unpaired) electrons. The van der Waals surface area contributed by atoms with Crippen molar-refractivity contribution >= 4 is 33.7 Å². The maximum Gasteiger partial charge on any atom is 0.303 e. The highest BCUT2D eigenvalue weighted by molar-refractivity contribution is 9.10. The van der Waals surface area contributed by atoms with E-state index in [1.54, 1.807) is 12.3 Å². The van der Waals surface area contributed by atoms with Crippen LogP contribution in [0, 0.1) is 5.82 Å². The van der Waals surface area contributed by atoms with Crippen LogP contribution in [0.3, 0.4) is 0 Å². The van der Waals surface area contributed by atoms with E-state index in [4.69, 9.17) is 10.8 Å². The molecule has 0 fully saturated rings. The molecule has 0 aromatic heterocycles. The van der Waals surface area contributed by atoms with Gasteiger partial charge in [0.25, 0.3) is 0 Å². The van der Waals surface area contributed by atoms with Gasteiger partial charge in [0.05, 0.1) is 4.90 Å². The second kappa shape index (κ2) is 6.37. The van der Waals surface area contributed by atoms with E-state index in [-0.39, 0.29) is 12.2 Å². The van der Waals surface area contributed by atoms with Crippen molar-refractivity contribution in [2.45, 2.75) is 23.8 Å². The van der Waals surface area contributed by atoms with E-state index in [2.05, 4.69) is 15.9 Å². The normalized spacial score (nSPS) is 12.5. The first-order chi connectivity index (χ1) is 7.95. The molecule has 17 heavy (non-hydrogen) atoms. The second-order valence-corrected chi connectivity index (χ2v) is 5.23. The molecule has 0 bridgehead atoms. The van der Waals surface area contributed by atoms with Crippen LogP contribution in [0.5, 0.6) is 0 Å². The number of aliphatic carboxylic acids is 1. The molecule has 0 saturated carbocycles. The van der Waals surface area contributed by atoms with Crippen molar-refractivity contribution in [2.75, 3.05) is 6.26 Å². The van der Waals surface area contributed by atoms with Crippen LogP contribution in [0.1, 0.15) is 24.4 Å². The zero-order valence-corrected chi connectivity index (χ0v) is 11.6. The van der Waals surface area contributed by atoms with E-state index in [1.807, 2.05) is 0 Å². The molecule has 6 heteroatoms. The number of carboxylic acids is 1. The number of carboxylic acid groups (broad SMARTS) is 1. The van der Waals surface area contributed by atoms with Gasteiger partial charge in [0.2, 0.25) is 0 Å². The number of hydrogen-bond donors (Lipinski definition) is 2. The molecule has 0 aliphatic heterocycles. The van der Waals surface area contributed by atoms with Crippen LogP contribution in [0.25, 0.3) is 0 Å². The average Bonchev–Trinajstić information content (AvgIpc) is 2.25. The molecule has 1 unspecified atom stereocenters. The molecular weight excluding hydrogens is 309 g/mol. The molecule has 94 valence electrons. The number of thioether (sulfide) groups is 1. The summed E-state index contributed by atoms with van der Waals surface area (Å²) in [6, 6.07) is 2.64. The van der Waals surface area contributed by atoms with Crippen molar-refractivity contribution in [1.82, 2.24) is 0 Å². The topological polar surface area (TPSA) is 63.3 Å². The Labute approximate surface area is 112 Å². The molecule has 1 aromatic carbocycles. The highest BCUT2D eigenvalue weighted by Crippen LogP contribution is 2.32. The fourth-order valence-corrected chi connectivity index (χ4v) is 2.88. The van der Waals surface area contributed by atoms with Gasteiger partial charge in [-0.1, -0.05) is 0 Å². The van der Waals surface area contributed by atoms with Gasteiger partial charge in [-0.05, 0) is 46.3 Å². The minimum absolute atomic E-state index is 0.0231. The molecule has 0 heterocycles. The maximum absolute atomic E-state index is 13.6. The van der Waals surface area contributed by atoms with Crippen LogP contribution in [0.4, 0.5) is 4.39 Å². The fraction of sp³-hybridized carbons (Fsp3) is 0.364. The lowest BCUT2D eigenvalue weighted by atomic mass is 10.0. The molecule has 0 aliphatic rings. The number of rotatable bonds is 5. The fourth-order valence-electron chi connectivity index (χ4n) is 1.43. The van der Waals surface area contributed by atoms with Crippen molar-refractivity contribution < 1.29 is 14.3 Å². The van der Waals surface area contributed by atoms with Gasteiger partial charge in [-0.25, -0.2) is 4.39 Å². The smallest absolute Gasteiger partial charge is 0.303 e. The van der Waals surface area contributed by atoms with Gasteiger partial charge in [-0.2, -0.15) is 0 Å². The quantitative estimate of drug-likeness (QED) is 0.817. The number of hydrogen-bond acceptors (Lipinski definition) is 3. The number of halogens is 2. The standard InChI is InChI=1S/C11H13BrFNO2S/c1-17-11-7(12)4-6(5-8(11)13)9(14)2-3-10(15)16/h4-5,9H,2-3,14H2,1H3,(H,15,16). The molecule has 1 aromatic rings. The third-order valence-electron chi connectivity index (χ3n) is 2.32. The molecule has 0 spiro atoms. The third-order valence-corrected chi connectivity index (χ3v) is 4.03. The van der Waals surface area contributed by atoms with E-state index >= 15 is 0 Å². The summed E-state index contributed by atoms with van der Waals surface area (Å²) in [4.78, 5) is 11.0. The van der Waals surface area contributed by atoms with E-state index < -0.39 is 12.0 Å². The summed E-state index contributed by atoms with van der Waals surface area (Å²) >= 11 is 4.58. The highest BCUT2D eigenvalue weighted by atomic mass is 79.9. The summed E-state index contributed by atoms with van der Waals surface area (Å²) in [5.41, 5.74) is 6.42. The Morgan fingerprint density at radius 1 is 1.65 bits per heavy atom. The Morgan fingerprint density at radius 2 is 2.29 bits per heavy atom. The Kier molecular flexibility index (Phi) is 5.42. The Balaban J connectivity index is 2.88. The summed E-state index contributed by atoms with van der Waals surface area (Å²) in [7, 11) is 0. The van der Waals surface area contributed by atoms with Gasteiger partial charge in [0.1, 0.15) is 5.82 Å². The Bertz CT molecular complexity index is 405. The third kappa shape index (κ3) is 3.97. The van der Waals surface area contributed by atoms with Crippen LogP contribution in [0.2, 0.25) is 0 Å².